The van der Waals surface area contributed by atoms with E-state index in [4.69, 9.17) is 5.73 Å². The fraction of sp³-hybridized carbons (Fsp3) is 0.231. The minimum absolute atomic E-state index is 0.223. The summed E-state index contributed by atoms with van der Waals surface area (Å²) >= 11 is 1.37. The second kappa shape index (κ2) is 5.35. The zero-order valence-corrected chi connectivity index (χ0v) is 11.1. The maximum atomic E-state index is 13.4. The molecule has 0 radical (unpaired) electrons. The number of rotatable bonds is 3. The van der Waals surface area contributed by atoms with Gasteiger partial charge in [-0.2, -0.15) is 0 Å². The van der Waals surface area contributed by atoms with Crippen molar-refractivity contribution < 1.29 is 4.39 Å². The summed E-state index contributed by atoms with van der Waals surface area (Å²) in [5.41, 5.74) is 7.55. The Bertz CT molecular complexity index is 549. The van der Waals surface area contributed by atoms with E-state index in [1.54, 1.807) is 18.2 Å². The van der Waals surface area contributed by atoms with Gasteiger partial charge in [-0.15, -0.1) is 11.8 Å². The van der Waals surface area contributed by atoms with Crippen LogP contribution < -0.4 is 5.73 Å². The smallest absolute Gasteiger partial charge is 0.141 e. The van der Waals surface area contributed by atoms with Gasteiger partial charge in [0, 0.05) is 16.2 Å². The average Bonchev–Trinajstić information content (AvgIpc) is 2.35. The molecule has 2 rings (SSSR count). The molecule has 0 aliphatic carbocycles. The summed E-state index contributed by atoms with van der Waals surface area (Å²) < 4.78 is 13.4. The first-order valence-electron chi connectivity index (χ1n) is 5.55. The lowest BCUT2D eigenvalue weighted by Gasteiger charge is -2.07. The van der Waals surface area contributed by atoms with Crippen LogP contribution in [-0.2, 0) is 5.75 Å². The van der Waals surface area contributed by atoms with Gasteiger partial charge in [0.2, 0.25) is 0 Å². The summed E-state index contributed by atoms with van der Waals surface area (Å²) in [5, 5.41) is 0. The summed E-state index contributed by atoms with van der Waals surface area (Å²) in [5.74, 6) is 1.40. The molecule has 0 bridgehead atoms. The zero-order chi connectivity index (χ0) is 13.1. The molecule has 5 heteroatoms. The van der Waals surface area contributed by atoms with Gasteiger partial charge in [0.15, 0.2) is 0 Å². The van der Waals surface area contributed by atoms with Crippen molar-refractivity contribution in [3.8, 4) is 0 Å². The topological polar surface area (TPSA) is 51.8 Å². The molecule has 1 aromatic heterocycles. The standard InChI is InChI=1S/C13H14FN3S/c1-8-9(2)16-12(17-13(8)15)7-18-11-6-4-3-5-10(11)14/h3-6H,7H2,1-2H3,(H2,15,16,17). The Hall–Kier alpha value is -1.62. The highest BCUT2D eigenvalue weighted by Gasteiger charge is 2.07. The Morgan fingerprint density at radius 2 is 1.94 bits per heavy atom. The van der Waals surface area contributed by atoms with Crippen LogP contribution in [0.4, 0.5) is 10.2 Å². The number of aryl methyl sites for hydroxylation is 1. The lowest BCUT2D eigenvalue weighted by molar-refractivity contribution is 0.602. The van der Waals surface area contributed by atoms with Gasteiger partial charge in [0.05, 0.1) is 5.75 Å². The van der Waals surface area contributed by atoms with Crippen molar-refractivity contribution in [1.82, 2.24) is 9.97 Å². The van der Waals surface area contributed by atoms with E-state index in [0.717, 1.165) is 11.3 Å². The van der Waals surface area contributed by atoms with Gasteiger partial charge >= 0.3 is 0 Å². The molecule has 2 aromatic rings. The van der Waals surface area contributed by atoms with Gasteiger partial charge in [-0.25, -0.2) is 14.4 Å². The van der Waals surface area contributed by atoms with E-state index >= 15 is 0 Å². The summed E-state index contributed by atoms with van der Waals surface area (Å²) in [6, 6.07) is 6.66. The van der Waals surface area contributed by atoms with E-state index in [1.807, 2.05) is 13.8 Å². The fourth-order valence-corrected chi connectivity index (χ4v) is 2.27. The highest BCUT2D eigenvalue weighted by atomic mass is 32.2. The number of hydrogen-bond acceptors (Lipinski definition) is 4. The predicted octanol–water partition coefficient (Wildman–Crippen LogP) is 3.11. The van der Waals surface area contributed by atoms with Gasteiger partial charge in [-0.3, -0.25) is 0 Å². The van der Waals surface area contributed by atoms with E-state index in [1.165, 1.54) is 17.8 Å². The highest BCUT2D eigenvalue weighted by Crippen LogP contribution is 2.24. The van der Waals surface area contributed by atoms with Crippen molar-refractivity contribution in [2.24, 2.45) is 0 Å². The second-order valence-corrected chi connectivity index (χ2v) is 4.97. The molecule has 2 N–H and O–H groups in total. The van der Waals surface area contributed by atoms with Crippen molar-refractivity contribution in [2.75, 3.05) is 5.73 Å². The molecule has 0 atom stereocenters. The van der Waals surface area contributed by atoms with E-state index in [-0.39, 0.29) is 5.82 Å². The quantitative estimate of drug-likeness (QED) is 0.864. The summed E-state index contributed by atoms with van der Waals surface area (Å²) in [4.78, 5) is 9.14. The number of thioether (sulfide) groups is 1. The number of nitrogen functional groups attached to an aromatic ring is 1. The van der Waals surface area contributed by atoms with Crippen LogP contribution in [0.2, 0.25) is 0 Å². The molecule has 0 saturated carbocycles. The summed E-state index contributed by atoms with van der Waals surface area (Å²) in [6.45, 7) is 3.78. The molecule has 18 heavy (non-hydrogen) atoms. The predicted molar refractivity (Wildman–Crippen MR) is 71.9 cm³/mol. The van der Waals surface area contributed by atoms with Gasteiger partial charge in [0.25, 0.3) is 0 Å². The van der Waals surface area contributed by atoms with Gasteiger partial charge in [-0.1, -0.05) is 12.1 Å². The first kappa shape index (κ1) is 12.8. The lowest BCUT2D eigenvalue weighted by atomic mass is 10.2. The third-order valence-corrected chi connectivity index (χ3v) is 3.71. The third-order valence-electron chi connectivity index (χ3n) is 2.67. The normalized spacial score (nSPS) is 10.6. The minimum Gasteiger partial charge on any atom is -0.383 e. The maximum absolute atomic E-state index is 13.4. The molecule has 1 aromatic carbocycles. The number of nitrogens with zero attached hydrogens (tertiary/aromatic N) is 2. The molecular weight excluding hydrogens is 249 g/mol. The van der Waals surface area contributed by atoms with E-state index < -0.39 is 0 Å². The maximum Gasteiger partial charge on any atom is 0.141 e. The molecule has 0 unspecified atom stereocenters. The van der Waals surface area contributed by atoms with Crippen LogP contribution >= 0.6 is 11.8 Å². The Labute approximate surface area is 110 Å². The molecule has 94 valence electrons. The Kier molecular flexibility index (Phi) is 3.81. The molecule has 1 heterocycles. The van der Waals surface area contributed by atoms with E-state index in [9.17, 15) is 4.39 Å². The van der Waals surface area contributed by atoms with Gasteiger partial charge in [-0.05, 0) is 26.0 Å². The Morgan fingerprint density at radius 3 is 2.61 bits per heavy atom. The SMILES string of the molecule is Cc1nc(CSc2ccccc2F)nc(N)c1C. The number of nitrogens with two attached hydrogens (primary N) is 1. The average molecular weight is 263 g/mol. The largest absolute Gasteiger partial charge is 0.383 e. The molecule has 0 spiro atoms. The summed E-state index contributed by atoms with van der Waals surface area (Å²) in [6.07, 6.45) is 0. The number of halogens is 1. The molecule has 0 saturated heterocycles. The van der Waals surface area contributed by atoms with Crippen molar-refractivity contribution in [2.45, 2.75) is 24.5 Å². The molecule has 0 aliphatic heterocycles. The number of aromatic nitrogens is 2. The molecule has 0 aliphatic rings. The Morgan fingerprint density at radius 1 is 1.22 bits per heavy atom. The third kappa shape index (κ3) is 2.79. The molecule has 3 nitrogen and oxygen atoms in total. The van der Waals surface area contributed by atoms with Crippen molar-refractivity contribution in [3.63, 3.8) is 0 Å². The van der Waals surface area contributed by atoms with Crippen LogP contribution in [0.3, 0.4) is 0 Å². The van der Waals surface area contributed by atoms with Crippen molar-refractivity contribution >= 4 is 17.6 Å². The van der Waals surface area contributed by atoms with Crippen LogP contribution in [0.5, 0.6) is 0 Å². The van der Waals surface area contributed by atoms with Crippen molar-refractivity contribution in [1.29, 1.82) is 0 Å². The monoisotopic (exact) mass is 263 g/mol. The second-order valence-electron chi connectivity index (χ2n) is 3.95. The number of anilines is 1. The zero-order valence-electron chi connectivity index (χ0n) is 10.3. The van der Waals surface area contributed by atoms with Crippen LogP contribution in [0, 0.1) is 19.7 Å². The minimum atomic E-state index is -0.223. The molecule has 0 fully saturated rings. The van der Waals surface area contributed by atoms with Gasteiger partial charge in [0.1, 0.15) is 17.5 Å². The van der Waals surface area contributed by atoms with Crippen LogP contribution in [0.15, 0.2) is 29.2 Å². The van der Waals surface area contributed by atoms with Crippen LogP contribution in [-0.4, -0.2) is 9.97 Å². The van der Waals surface area contributed by atoms with Crippen LogP contribution in [0.25, 0.3) is 0 Å². The number of benzene rings is 1. The number of hydrogen-bond donors (Lipinski definition) is 1. The first-order chi connectivity index (χ1) is 8.58. The van der Waals surface area contributed by atoms with Gasteiger partial charge < -0.3 is 5.73 Å². The lowest BCUT2D eigenvalue weighted by Crippen LogP contribution is -2.04. The van der Waals surface area contributed by atoms with E-state index in [2.05, 4.69) is 9.97 Å². The molecular formula is C13H14FN3S. The Balaban J connectivity index is 2.14. The fourth-order valence-electron chi connectivity index (χ4n) is 1.48. The van der Waals surface area contributed by atoms with E-state index in [0.29, 0.717) is 22.3 Å². The molecule has 0 amide bonds. The highest BCUT2D eigenvalue weighted by molar-refractivity contribution is 7.98. The summed E-state index contributed by atoms with van der Waals surface area (Å²) in [7, 11) is 0. The first-order valence-corrected chi connectivity index (χ1v) is 6.53. The van der Waals surface area contributed by atoms with Crippen LogP contribution in [0.1, 0.15) is 17.1 Å². The van der Waals surface area contributed by atoms with Crippen molar-refractivity contribution in [3.05, 3.63) is 47.2 Å².